The van der Waals surface area contributed by atoms with Gasteiger partial charge in [-0.2, -0.15) is 0 Å². The fraction of sp³-hybridized carbons (Fsp3) is 0.536. The van der Waals surface area contributed by atoms with Gasteiger partial charge in [0.15, 0.2) is 0 Å². The van der Waals surface area contributed by atoms with E-state index in [2.05, 4.69) is 37.2 Å². The number of halogens is 2. The van der Waals surface area contributed by atoms with Gasteiger partial charge >= 0.3 is 0 Å². The van der Waals surface area contributed by atoms with E-state index in [-0.39, 0.29) is 16.7 Å². The number of ether oxygens (including phenoxy) is 1. The van der Waals surface area contributed by atoms with E-state index in [1.807, 2.05) is 75.5 Å². The SMILES string of the molecule is CC(C)N(C(=O)C(C)(C)C)c1ccc(C2(Sc3ccc(Cl)cc3)CC2COCCN(C)C)cc1Cl. The van der Waals surface area contributed by atoms with Crippen molar-refractivity contribution in [1.82, 2.24) is 4.90 Å². The third-order valence-electron chi connectivity index (χ3n) is 6.24. The molecule has 1 aliphatic carbocycles. The Labute approximate surface area is 225 Å². The number of anilines is 1. The van der Waals surface area contributed by atoms with E-state index in [9.17, 15) is 4.79 Å². The van der Waals surface area contributed by atoms with E-state index in [1.54, 1.807) is 0 Å². The molecule has 0 aliphatic heterocycles. The van der Waals surface area contributed by atoms with Gasteiger partial charge in [0.2, 0.25) is 5.91 Å². The molecule has 3 rings (SSSR count). The van der Waals surface area contributed by atoms with E-state index < -0.39 is 5.41 Å². The maximum absolute atomic E-state index is 13.2. The van der Waals surface area contributed by atoms with Crippen LogP contribution in [0.5, 0.6) is 0 Å². The highest BCUT2D eigenvalue weighted by Crippen LogP contribution is 2.64. The molecule has 4 nitrogen and oxygen atoms in total. The molecule has 0 heterocycles. The molecule has 1 saturated carbocycles. The van der Waals surface area contributed by atoms with Gasteiger partial charge in [0, 0.05) is 33.8 Å². The zero-order chi connectivity index (χ0) is 26.0. The Balaban J connectivity index is 1.90. The molecule has 2 aromatic rings. The van der Waals surface area contributed by atoms with Crippen LogP contribution in [0.3, 0.4) is 0 Å². The van der Waals surface area contributed by atoms with Crippen LogP contribution in [0.25, 0.3) is 0 Å². The fourth-order valence-corrected chi connectivity index (χ4v) is 6.03. The first-order valence-electron chi connectivity index (χ1n) is 12.2. The van der Waals surface area contributed by atoms with Crippen LogP contribution in [0, 0.1) is 11.3 Å². The number of likely N-dealkylation sites (N-methyl/N-ethyl adjacent to an activating group) is 1. The second-order valence-electron chi connectivity index (χ2n) is 10.9. The first kappa shape index (κ1) is 28.3. The molecule has 7 heteroatoms. The summed E-state index contributed by atoms with van der Waals surface area (Å²) in [5.41, 5.74) is 1.43. The highest BCUT2D eigenvalue weighted by atomic mass is 35.5. The second kappa shape index (κ2) is 11.4. The Kier molecular flexibility index (Phi) is 9.26. The van der Waals surface area contributed by atoms with Crippen LogP contribution in [-0.4, -0.2) is 50.7 Å². The van der Waals surface area contributed by atoms with Gasteiger partial charge in [-0.3, -0.25) is 4.79 Å². The number of thioether (sulfide) groups is 1. The Morgan fingerprint density at radius 2 is 1.80 bits per heavy atom. The topological polar surface area (TPSA) is 32.8 Å². The maximum Gasteiger partial charge on any atom is 0.232 e. The van der Waals surface area contributed by atoms with Crippen molar-refractivity contribution in [2.75, 3.05) is 38.8 Å². The molecule has 0 saturated heterocycles. The number of amides is 1. The first-order valence-corrected chi connectivity index (χ1v) is 13.7. The smallest absolute Gasteiger partial charge is 0.232 e. The molecular weight excluding hydrogens is 499 g/mol. The Morgan fingerprint density at radius 1 is 1.14 bits per heavy atom. The molecule has 0 aromatic heterocycles. The summed E-state index contributed by atoms with van der Waals surface area (Å²) in [6, 6.07) is 14.2. The number of hydrogen-bond acceptors (Lipinski definition) is 4. The van der Waals surface area contributed by atoms with Crippen molar-refractivity contribution < 1.29 is 9.53 Å². The standard InChI is InChI=1S/C28H38Cl2N2O2S/c1-19(2)32(26(33)27(3,4)5)25-13-8-20(16-24(25)30)28(35-23-11-9-22(29)10-12-23)17-21(28)18-34-15-14-31(6)7/h8-13,16,19,21H,14-15,17-18H2,1-7H3. The normalized spacial score (nSPS) is 19.9. The van der Waals surface area contributed by atoms with Gasteiger partial charge in [-0.05, 0) is 76.3 Å². The van der Waals surface area contributed by atoms with Crippen LogP contribution in [0.1, 0.15) is 46.6 Å². The van der Waals surface area contributed by atoms with Gasteiger partial charge < -0.3 is 14.5 Å². The lowest BCUT2D eigenvalue weighted by molar-refractivity contribution is -0.126. The summed E-state index contributed by atoms with van der Waals surface area (Å²) in [6.07, 6.45) is 1.01. The minimum absolute atomic E-state index is 0.00116. The monoisotopic (exact) mass is 536 g/mol. The minimum Gasteiger partial charge on any atom is -0.380 e. The van der Waals surface area contributed by atoms with Crippen molar-refractivity contribution in [3.63, 3.8) is 0 Å². The van der Waals surface area contributed by atoms with Gasteiger partial charge in [0.25, 0.3) is 0 Å². The summed E-state index contributed by atoms with van der Waals surface area (Å²) in [5.74, 6) is 0.440. The lowest BCUT2D eigenvalue weighted by Crippen LogP contribution is -2.44. The molecular formula is C28H38Cl2N2O2S. The first-order chi connectivity index (χ1) is 16.3. The largest absolute Gasteiger partial charge is 0.380 e. The second-order valence-corrected chi connectivity index (χ2v) is 13.2. The molecule has 0 radical (unpaired) electrons. The fourth-order valence-electron chi connectivity index (χ4n) is 4.17. The molecule has 192 valence electrons. The molecule has 2 aromatic carbocycles. The van der Waals surface area contributed by atoms with Crippen LogP contribution in [-0.2, 0) is 14.3 Å². The highest BCUT2D eigenvalue weighted by molar-refractivity contribution is 8.00. The van der Waals surface area contributed by atoms with Gasteiger partial charge in [-0.25, -0.2) is 0 Å². The van der Waals surface area contributed by atoms with Crippen molar-refractivity contribution >= 4 is 46.6 Å². The van der Waals surface area contributed by atoms with Crippen LogP contribution in [0.15, 0.2) is 47.4 Å². The maximum atomic E-state index is 13.2. The van der Waals surface area contributed by atoms with Crippen molar-refractivity contribution in [2.24, 2.45) is 11.3 Å². The van der Waals surface area contributed by atoms with Gasteiger partial charge in [0.1, 0.15) is 0 Å². The Morgan fingerprint density at radius 3 is 2.34 bits per heavy atom. The lowest BCUT2D eigenvalue weighted by atomic mass is 9.93. The molecule has 1 fully saturated rings. The number of rotatable bonds is 10. The zero-order valence-corrected chi connectivity index (χ0v) is 24.2. The van der Waals surface area contributed by atoms with Crippen molar-refractivity contribution in [3.05, 3.63) is 58.1 Å². The molecule has 0 bridgehead atoms. The summed E-state index contributed by atoms with van der Waals surface area (Å²) >= 11 is 14.8. The van der Waals surface area contributed by atoms with Gasteiger partial charge in [0.05, 0.1) is 28.7 Å². The average molecular weight is 538 g/mol. The van der Waals surface area contributed by atoms with E-state index in [0.29, 0.717) is 24.2 Å². The molecule has 2 unspecified atom stereocenters. The van der Waals surface area contributed by atoms with Crippen molar-refractivity contribution in [2.45, 2.75) is 56.7 Å². The van der Waals surface area contributed by atoms with Crippen molar-refractivity contribution in [3.8, 4) is 0 Å². The van der Waals surface area contributed by atoms with Crippen LogP contribution in [0.2, 0.25) is 10.0 Å². The molecule has 1 aliphatic rings. The molecule has 1 amide bonds. The van der Waals surface area contributed by atoms with Crippen LogP contribution in [0.4, 0.5) is 5.69 Å². The van der Waals surface area contributed by atoms with Gasteiger partial charge in [-0.1, -0.05) is 50.0 Å². The number of nitrogens with zero attached hydrogens (tertiary/aromatic N) is 2. The minimum atomic E-state index is -0.497. The predicted octanol–water partition coefficient (Wildman–Crippen LogP) is 7.37. The average Bonchev–Trinajstić information content (AvgIpc) is 3.46. The number of carbonyl (C=O) groups is 1. The number of carbonyl (C=O) groups excluding carboxylic acids is 1. The van der Waals surface area contributed by atoms with E-state index >= 15 is 0 Å². The van der Waals surface area contributed by atoms with Crippen LogP contribution >= 0.6 is 35.0 Å². The quantitative estimate of drug-likeness (QED) is 0.297. The van der Waals surface area contributed by atoms with E-state index in [4.69, 9.17) is 27.9 Å². The van der Waals surface area contributed by atoms with E-state index in [0.717, 1.165) is 28.6 Å². The highest BCUT2D eigenvalue weighted by Gasteiger charge is 2.56. The summed E-state index contributed by atoms with van der Waals surface area (Å²) in [4.78, 5) is 18.3. The van der Waals surface area contributed by atoms with Gasteiger partial charge in [-0.15, -0.1) is 11.8 Å². The molecule has 0 spiro atoms. The predicted molar refractivity (Wildman–Crippen MR) is 150 cm³/mol. The summed E-state index contributed by atoms with van der Waals surface area (Å²) in [7, 11) is 4.10. The Bertz CT molecular complexity index is 1020. The summed E-state index contributed by atoms with van der Waals surface area (Å²) in [5, 5.41) is 1.33. The lowest BCUT2D eigenvalue weighted by Gasteiger charge is -2.33. The van der Waals surface area contributed by atoms with E-state index in [1.165, 1.54) is 5.56 Å². The summed E-state index contributed by atoms with van der Waals surface area (Å²) in [6.45, 7) is 12.2. The number of hydrogen-bond donors (Lipinski definition) is 0. The molecule has 2 atom stereocenters. The summed E-state index contributed by atoms with van der Waals surface area (Å²) < 4.78 is 5.91. The third kappa shape index (κ3) is 6.95. The zero-order valence-electron chi connectivity index (χ0n) is 21.9. The molecule has 0 N–H and O–H groups in total. The number of benzene rings is 2. The van der Waals surface area contributed by atoms with Crippen molar-refractivity contribution in [1.29, 1.82) is 0 Å². The third-order valence-corrected chi connectivity index (χ3v) is 8.40. The Hall–Kier alpha value is -1.24. The van der Waals surface area contributed by atoms with Crippen LogP contribution < -0.4 is 4.90 Å². The molecule has 35 heavy (non-hydrogen) atoms.